The molecule has 0 amide bonds. The van der Waals surface area contributed by atoms with E-state index in [0.717, 1.165) is 5.69 Å². The van der Waals surface area contributed by atoms with Crippen molar-refractivity contribution in [2.24, 2.45) is 0 Å². The van der Waals surface area contributed by atoms with Crippen LogP contribution in [0.3, 0.4) is 0 Å². The maximum atomic E-state index is 5.04. The van der Waals surface area contributed by atoms with Gasteiger partial charge in [0.1, 0.15) is 0 Å². The Morgan fingerprint density at radius 1 is 1.15 bits per heavy atom. The van der Waals surface area contributed by atoms with Gasteiger partial charge < -0.3 is 14.8 Å². The standard InChI is InChI=1S/C10H15NO2/c1-12-10(13-2)8-11-9-6-4-3-5-7-9/h3-7,10-11H,8H2,1-2H3. The van der Waals surface area contributed by atoms with E-state index < -0.39 is 0 Å². The highest BCUT2D eigenvalue weighted by molar-refractivity contribution is 5.42. The van der Waals surface area contributed by atoms with Gasteiger partial charge in [-0.1, -0.05) is 18.2 Å². The van der Waals surface area contributed by atoms with Gasteiger partial charge in [-0.3, -0.25) is 0 Å². The summed E-state index contributed by atoms with van der Waals surface area (Å²) in [5.74, 6) is 0. The van der Waals surface area contributed by atoms with Gasteiger partial charge >= 0.3 is 0 Å². The second-order valence-electron chi connectivity index (χ2n) is 2.65. The average molecular weight is 181 g/mol. The zero-order valence-electron chi connectivity index (χ0n) is 7.99. The third kappa shape index (κ3) is 3.44. The number of anilines is 1. The van der Waals surface area contributed by atoms with Crippen molar-refractivity contribution in [1.29, 1.82) is 0 Å². The first-order chi connectivity index (χ1) is 6.36. The highest BCUT2D eigenvalue weighted by Crippen LogP contribution is 2.05. The lowest BCUT2D eigenvalue weighted by atomic mass is 10.3. The summed E-state index contributed by atoms with van der Waals surface area (Å²) in [6, 6.07) is 9.95. The van der Waals surface area contributed by atoms with Crippen molar-refractivity contribution in [3.63, 3.8) is 0 Å². The first-order valence-corrected chi connectivity index (χ1v) is 4.21. The number of para-hydroxylation sites is 1. The van der Waals surface area contributed by atoms with Crippen molar-refractivity contribution in [2.45, 2.75) is 6.29 Å². The molecular weight excluding hydrogens is 166 g/mol. The summed E-state index contributed by atoms with van der Waals surface area (Å²) in [6.45, 7) is 0.650. The van der Waals surface area contributed by atoms with E-state index in [9.17, 15) is 0 Å². The fraction of sp³-hybridized carbons (Fsp3) is 0.400. The zero-order chi connectivity index (χ0) is 9.52. The van der Waals surface area contributed by atoms with Gasteiger partial charge in [-0.05, 0) is 12.1 Å². The molecule has 0 heterocycles. The van der Waals surface area contributed by atoms with Crippen LogP contribution in [0, 0.1) is 0 Å². The quantitative estimate of drug-likeness (QED) is 0.701. The molecule has 0 unspecified atom stereocenters. The molecule has 1 aromatic carbocycles. The number of hydrogen-bond acceptors (Lipinski definition) is 3. The monoisotopic (exact) mass is 181 g/mol. The molecule has 0 bridgehead atoms. The first kappa shape index (κ1) is 10.0. The van der Waals surface area contributed by atoms with Crippen molar-refractivity contribution < 1.29 is 9.47 Å². The summed E-state index contributed by atoms with van der Waals surface area (Å²) < 4.78 is 10.1. The van der Waals surface area contributed by atoms with Gasteiger partial charge in [-0.15, -0.1) is 0 Å². The Hall–Kier alpha value is -1.06. The Kier molecular flexibility index (Phi) is 4.29. The normalized spacial score (nSPS) is 10.4. The Balaban J connectivity index is 2.34. The minimum atomic E-state index is -0.194. The van der Waals surface area contributed by atoms with E-state index >= 15 is 0 Å². The Morgan fingerprint density at radius 3 is 2.31 bits per heavy atom. The third-order valence-electron chi connectivity index (χ3n) is 1.77. The molecule has 1 N–H and O–H groups in total. The van der Waals surface area contributed by atoms with Crippen molar-refractivity contribution in [3.05, 3.63) is 30.3 Å². The summed E-state index contributed by atoms with van der Waals surface area (Å²) in [6.07, 6.45) is -0.194. The zero-order valence-corrected chi connectivity index (χ0v) is 7.99. The number of nitrogens with one attached hydrogen (secondary N) is 1. The molecule has 0 saturated heterocycles. The smallest absolute Gasteiger partial charge is 0.173 e. The number of benzene rings is 1. The summed E-state index contributed by atoms with van der Waals surface area (Å²) in [5.41, 5.74) is 1.07. The lowest BCUT2D eigenvalue weighted by molar-refractivity contribution is -0.0914. The molecule has 0 fully saturated rings. The Labute approximate surface area is 78.7 Å². The number of hydrogen-bond donors (Lipinski definition) is 1. The molecule has 0 saturated carbocycles. The summed E-state index contributed by atoms with van der Waals surface area (Å²) in [4.78, 5) is 0. The second-order valence-corrected chi connectivity index (χ2v) is 2.65. The fourth-order valence-electron chi connectivity index (χ4n) is 1.02. The van der Waals surface area contributed by atoms with Gasteiger partial charge in [-0.25, -0.2) is 0 Å². The highest BCUT2D eigenvalue weighted by Gasteiger charge is 2.02. The van der Waals surface area contributed by atoms with Crippen LogP contribution >= 0.6 is 0 Å². The van der Waals surface area contributed by atoms with Crippen molar-refractivity contribution in [2.75, 3.05) is 26.1 Å². The predicted octanol–water partition coefficient (Wildman–Crippen LogP) is 1.72. The van der Waals surface area contributed by atoms with Crippen LogP contribution in [-0.4, -0.2) is 27.1 Å². The summed E-state index contributed by atoms with van der Waals surface area (Å²) in [5, 5.41) is 3.20. The van der Waals surface area contributed by atoms with Gasteiger partial charge in [0.05, 0.1) is 6.54 Å². The Bertz CT molecular complexity index is 222. The predicted molar refractivity (Wildman–Crippen MR) is 52.7 cm³/mol. The molecule has 3 heteroatoms. The Morgan fingerprint density at radius 2 is 1.77 bits per heavy atom. The van der Waals surface area contributed by atoms with E-state index in [1.54, 1.807) is 14.2 Å². The molecule has 13 heavy (non-hydrogen) atoms. The topological polar surface area (TPSA) is 30.5 Å². The third-order valence-corrected chi connectivity index (χ3v) is 1.77. The lowest BCUT2D eigenvalue weighted by Gasteiger charge is -2.14. The van der Waals surface area contributed by atoms with Crippen molar-refractivity contribution >= 4 is 5.69 Å². The molecule has 0 atom stereocenters. The molecule has 0 aliphatic carbocycles. The van der Waals surface area contributed by atoms with Crippen LogP contribution in [0.5, 0.6) is 0 Å². The average Bonchev–Trinajstić information content (AvgIpc) is 2.21. The molecule has 1 rings (SSSR count). The van der Waals surface area contributed by atoms with Crippen LogP contribution in [-0.2, 0) is 9.47 Å². The molecule has 3 nitrogen and oxygen atoms in total. The minimum absolute atomic E-state index is 0.194. The summed E-state index contributed by atoms with van der Waals surface area (Å²) in [7, 11) is 3.25. The van der Waals surface area contributed by atoms with Crippen LogP contribution in [0.1, 0.15) is 0 Å². The molecule has 0 spiro atoms. The van der Waals surface area contributed by atoms with Crippen LogP contribution in [0.2, 0.25) is 0 Å². The van der Waals surface area contributed by atoms with Gasteiger partial charge in [0.25, 0.3) is 0 Å². The number of rotatable bonds is 5. The molecule has 0 aliphatic rings. The van der Waals surface area contributed by atoms with E-state index in [0.29, 0.717) is 6.54 Å². The molecule has 0 aliphatic heterocycles. The van der Waals surface area contributed by atoms with Crippen LogP contribution in [0.15, 0.2) is 30.3 Å². The molecular formula is C10H15NO2. The SMILES string of the molecule is COC(CNc1ccccc1)OC. The minimum Gasteiger partial charge on any atom is -0.380 e. The van der Waals surface area contributed by atoms with Crippen LogP contribution in [0.25, 0.3) is 0 Å². The van der Waals surface area contributed by atoms with E-state index in [-0.39, 0.29) is 6.29 Å². The lowest BCUT2D eigenvalue weighted by Crippen LogP contribution is -2.23. The van der Waals surface area contributed by atoms with E-state index in [1.165, 1.54) is 0 Å². The fourth-order valence-corrected chi connectivity index (χ4v) is 1.02. The molecule has 0 radical (unpaired) electrons. The summed E-state index contributed by atoms with van der Waals surface area (Å²) >= 11 is 0. The van der Waals surface area contributed by atoms with Crippen molar-refractivity contribution in [3.8, 4) is 0 Å². The van der Waals surface area contributed by atoms with Gasteiger partial charge in [-0.2, -0.15) is 0 Å². The van der Waals surface area contributed by atoms with E-state index in [4.69, 9.17) is 9.47 Å². The second kappa shape index (κ2) is 5.56. The first-order valence-electron chi connectivity index (χ1n) is 4.21. The maximum absolute atomic E-state index is 5.04. The highest BCUT2D eigenvalue weighted by atomic mass is 16.7. The maximum Gasteiger partial charge on any atom is 0.173 e. The van der Waals surface area contributed by atoms with Gasteiger partial charge in [0.15, 0.2) is 6.29 Å². The van der Waals surface area contributed by atoms with Gasteiger partial charge in [0.2, 0.25) is 0 Å². The van der Waals surface area contributed by atoms with Crippen molar-refractivity contribution in [1.82, 2.24) is 0 Å². The van der Waals surface area contributed by atoms with Gasteiger partial charge in [0, 0.05) is 19.9 Å². The molecule has 1 aromatic rings. The molecule has 72 valence electrons. The largest absolute Gasteiger partial charge is 0.380 e. The molecule has 0 aromatic heterocycles. The van der Waals surface area contributed by atoms with E-state index in [2.05, 4.69) is 5.32 Å². The van der Waals surface area contributed by atoms with Crippen LogP contribution in [0.4, 0.5) is 5.69 Å². The van der Waals surface area contributed by atoms with E-state index in [1.807, 2.05) is 30.3 Å². The van der Waals surface area contributed by atoms with Crippen LogP contribution < -0.4 is 5.32 Å². The number of ether oxygens (including phenoxy) is 2. The number of methoxy groups -OCH3 is 2.